The Hall–Kier alpha value is -2.28. The third-order valence-electron chi connectivity index (χ3n) is 2.91. The zero-order valence-corrected chi connectivity index (χ0v) is 10.2. The Morgan fingerprint density at radius 1 is 1.32 bits per heavy atom. The van der Waals surface area contributed by atoms with Crippen LogP contribution in [0, 0.1) is 0 Å². The predicted molar refractivity (Wildman–Crippen MR) is 66.3 cm³/mol. The monoisotopic (exact) mass is 265 g/mol. The lowest BCUT2D eigenvalue weighted by Gasteiger charge is -2.25. The smallest absolute Gasteiger partial charge is 0.231 e. The van der Waals surface area contributed by atoms with Crippen LogP contribution in [0.2, 0.25) is 0 Å². The molecule has 2 amide bonds. The first-order valence-corrected chi connectivity index (χ1v) is 5.73. The van der Waals surface area contributed by atoms with Crippen molar-refractivity contribution in [1.29, 1.82) is 0 Å². The summed E-state index contributed by atoms with van der Waals surface area (Å²) in [4.78, 5) is 23.7. The number of carbonyl (C=O) groups is 2. The van der Waals surface area contributed by atoms with Crippen LogP contribution >= 0.6 is 0 Å². The van der Waals surface area contributed by atoms with Crippen molar-refractivity contribution in [3.05, 3.63) is 23.8 Å². The summed E-state index contributed by atoms with van der Waals surface area (Å²) in [7, 11) is 0. The van der Waals surface area contributed by atoms with Crippen molar-refractivity contribution in [1.82, 2.24) is 4.90 Å². The molecule has 0 saturated heterocycles. The van der Waals surface area contributed by atoms with Crippen molar-refractivity contribution in [2.75, 3.05) is 19.7 Å². The molecule has 0 aromatic heterocycles. The highest BCUT2D eigenvalue weighted by molar-refractivity contribution is 5.79. The molecule has 2 rings (SSSR count). The SMILES string of the molecule is NC(=O)CN(CC(N)=O)C1COc2cc(O)ccc21. The van der Waals surface area contributed by atoms with E-state index in [1.807, 2.05) is 0 Å². The molecule has 0 saturated carbocycles. The third kappa shape index (κ3) is 2.94. The first kappa shape index (κ1) is 13.2. The summed E-state index contributed by atoms with van der Waals surface area (Å²) < 4.78 is 5.43. The summed E-state index contributed by atoms with van der Waals surface area (Å²) in [5, 5.41) is 9.37. The fraction of sp³-hybridized carbons (Fsp3) is 0.333. The molecule has 0 fully saturated rings. The van der Waals surface area contributed by atoms with Gasteiger partial charge in [0.1, 0.15) is 18.1 Å². The molecule has 0 bridgehead atoms. The lowest BCUT2D eigenvalue weighted by atomic mass is 10.1. The van der Waals surface area contributed by atoms with Gasteiger partial charge >= 0.3 is 0 Å². The lowest BCUT2D eigenvalue weighted by Crippen LogP contribution is -2.42. The number of phenols is 1. The largest absolute Gasteiger partial charge is 0.508 e. The van der Waals surface area contributed by atoms with Gasteiger partial charge < -0.3 is 21.3 Å². The van der Waals surface area contributed by atoms with Crippen LogP contribution in [0.5, 0.6) is 11.5 Å². The third-order valence-corrected chi connectivity index (χ3v) is 2.91. The Kier molecular flexibility index (Phi) is 3.57. The van der Waals surface area contributed by atoms with E-state index in [0.717, 1.165) is 5.56 Å². The molecule has 102 valence electrons. The molecule has 0 spiro atoms. The Bertz CT molecular complexity index is 502. The van der Waals surface area contributed by atoms with Gasteiger partial charge in [0.2, 0.25) is 11.8 Å². The highest BCUT2D eigenvalue weighted by atomic mass is 16.5. The Labute approximate surface area is 109 Å². The molecule has 1 aromatic rings. The minimum Gasteiger partial charge on any atom is -0.508 e. The van der Waals surface area contributed by atoms with Crippen molar-refractivity contribution in [2.24, 2.45) is 11.5 Å². The van der Waals surface area contributed by atoms with E-state index in [9.17, 15) is 14.7 Å². The summed E-state index contributed by atoms with van der Waals surface area (Å²) in [5.41, 5.74) is 11.1. The maximum Gasteiger partial charge on any atom is 0.231 e. The Morgan fingerprint density at radius 3 is 2.53 bits per heavy atom. The molecule has 0 radical (unpaired) electrons. The van der Waals surface area contributed by atoms with Crippen LogP contribution in [-0.4, -0.2) is 41.5 Å². The number of aromatic hydroxyl groups is 1. The van der Waals surface area contributed by atoms with Crippen LogP contribution < -0.4 is 16.2 Å². The van der Waals surface area contributed by atoms with E-state index in [4.69, 9.17) is 16.2 Å². The number of nitrogens with two attached hydrogens (primary N) is 2. The van der Waals surface area contributed by atoms with E-state index in [2.05, 4.69) is 0 Å². The van der Waals surface area contributed by atoms with Crippen molar-refractivity contribution >= 4 is 11.8 Å². The second-order valence-corrected chi connectivity index (χ2v) is 4.39. The molecule has 1 unspecified atom stereocenters. The topological polar surface area (TPSA) is 119 Å². The zero-order valence-electron chi connectivity index (χ0n) is 10.2. The lowest BCUT2D eigenvalue weighted by molar-refractivity contribution is -0.123. The number of fused-ring (bicyclic) bond motifs is 1. The van der Waals surface area contributed by atoms with Crippen molar-refractivity contribution in [3.63, 3.8) is 0 Å². The van der Waals surface area contributed by atoms with Crippen molar-refractivity contribution < 1.29 is 19.4 Å². The van der Waals surface area contributed by atoms with Crippen molar-refractivity contribution in [2.45, 2.75) is 6.04 Å². The van der Waals surface area contributed by atoms with E-state index in [1.54, 1.807) is 11.0 Å². The molecule has 7 nitrogen and oxygen atoms in total. The molecule has 0 aliphatic carbocycles. The Balaban J connectivity index is 2.25. The first-order valence-electron chi connectivity index (χ1n) is 5.73. The molecule has 5 N–H and O–H groups in total. The van der Waals surface area contributed by atoms with Crippen LogP contribution in [0.3, 0.4) is 0 Å². The maximum atomic E-state index is 11.1. The summed E-state index contributed by atoms with van der Waals surface area (Å²) in [6.45, 7) is 0.105. The highest BCUT2D eigenvalue weighted by Gasteiger charge is 2.31. The second-order valence-electron chi connectivity index (χ2n) is 4.39. The number of phenolic OH excluding ortho intramolecular Hbond substituents is 1. The van der Waals surface area contributed by atoms with Gasteiger partial charge in [0.15, 0.2) is 0 Å². The molecule has 1 aromatic carbocycles. The zero-order chi connectivity index (χ0) is 14.0. The van der Waals surface area contributed by atoms with Crippen LogP contribution in [0.15, 0.2) is 18.2 Å². The fourth-order valence-electron chi connectivity index (χ4n) is 2.16. The number of hydrogen-bond donors (Lipinski definition) is 3. The van der Waals surface area contributed by atoms with Crippen LogP contribution in [0.4, 0.5) is 0 Å². The molecular weight excluding hydrogens is 250 g/mol. The summed E-state index contributed by atoms with van der Waals surface area (Å²) in [5.74, 6) is -0.471. The number of primary amides is 2. The summed E-state index contributed by atoms with van der Waals surface area (Å²) in [6.07, 6.45) is 0. The number of benzene rings is 1. The van der Waals surface area contributed by atoms with E-state index < -0.39 is 11.8 Å². The van der Waals surface area contributed by atoms with Gasteiger partial charge in [-0.2, -0.15) is 0 Å². The number of hydrogen-bond acceptors (Lipinski definition) is 5. The number of carbonyl (C=O) groups excluding carboxylic acids is 2. The quantitative estimate of drug-likeness (QED) is 0.637. The molecule has 1 atom stereocenters. The van der Waals surface area contributed by atoms with Gasteiger partial charge in [-0.3, -0.25) is 14.5 Å². The number of rotatable bonds is 5. The molecule has 7 heteroatoms. The van der Waals surface area contributed by atoms with Gasteiger partial charge in [0.25, 0.3) is 0 Å². The van der Waals surface area contributed by atoms with Gasteiger partial charge in [-0.1, -0.05) is 0 Å². The standard InChI is InChI=1S/C12H15N3O4/c13-11(17)4-15(5-12(14)18)9-6-19-10-3-7(16)1-2-8(9)10/h1-3,9,16H,4-6H2,(H2,13,17)(H2,14,18). The van der Waals surface area contributed by atoms with Gasteiger partial charge in [-0.15, -0.1) is 0 Å². The maximum absolute atomic E-state index is 11.1. The van der Waals surface area contributed by atoms with Crippen LogP contribution in [0.25, 0.3) is 0 Å². The fourth-order valence-corrected chi connectivity index (χ4v) is 2.16. The first-order chi connectivity index (χ1) is 8.97. The average Bonchev–Trinajstić information content (AvgIpc) is 2.69. The molecule has 19 heavy (non-hydrogen) atoms. The van der Waals surface area contributed by atoms with Crippen LogP contribution in [0.1, 0.15) is 11.6 Å². The minimum absolute atomic E-state index is 0.0860. The molecule has 1 heterocycles. The molecule has 1 aliphatic heterocycles. The van der Waals surface area contributed by atoms with E-state index in [1.165, 1.54) is 12.1 Å². The van der Waals surface area contributed by atoms with E-state index in [-0.39, 0.29) is 31.5 Å². The summed E-state index contributed by atoms with van der Waals surface area (Å²) >= 11 is 0. The number of nitrogens with zero attached hydrogens (tertiary/aromatic N) is 1. The molecule has 1 aliphatic rings. The number of amides is 2. The highest BCUT2D eigenvalue weighted by Crippen LogP contribution is 2.37. The normalized spacial score (nSPS) is 17.0. The van der Waals surface area contributed by atoms with Crippen LogP contribution in [-0.2, 0) is 9.59 Å². The van der Waals surface area contributed by atoms with Gasteiger partial charge in [-0.05, 0) is 12.1 Å². The predicted octanol–water partition coefficient (Wildman–Crippen LogP) is -0.902. The van der Waals surface area contributed by atoms with Gasteiger partial charge in [-0.25, -0.2) is 0 Å². The second kappa shape index (κ2) is 5.15. The van der Waals surface area contributed by atoms with Gasteiger partial charge in [0.05, 0.1) is 19.1 Å². The average molecular weight is 265 g/mol. The van der Waals surface area contributed by atoms with Crippen molar-refractivity contribution in [3.8, 4) is 11.5 Å². The Morgan fingerprint density at radius 2 is 1.95 bits per heavy atom. The summed E-state index contributed by atoms with van der Waals surface area (Å²) in [6, 6.07) is 4.42. The van der Waals surface area contributed by atoms with E-state index >= 15 is 0 Å². The van der Waals surface area contributed by atoms with E-state index in [0.29, 0.717) is 5.75 Å². The van der Waals surface area contributed by atoms with Gasteiger partial charge in [0, 0.05) is 11.6 Å². The minimum atomic E-state index is -0.548. The molecular formula is C12H15N3O4. The number of ether oxygens (including phenoxy) is 1.